The largest absolute Gasteiger partial charge is 0.527 e. The van der Waals surface area contributed by atoms with E-state index in [-0.39, 0.29) is 0 Å². The average Bonchev–Trinajstić information content (AvgIpc) is 2.05. The highest BCUT2D eigenvalue weighted by Crippen LogP contribution is 1.85. The maximum absolute atomic E-state index is 8.91. The molecule has 0 saturated heterocycles. The van der Waals surface area contributed by atoms with Gasteiger partial charge in [0.25, 0.3) is 0 Å². The third-order valence-electron chi connectivity index (χ3n) is 1.03. The predicted octanol–water partition coefficient (Wildman–Crippen LogP) is -0.0605. The van der Waals surface area contributed by atoms with Crippen molar-refractivity contribution in [1.82, 2.24) is 4.98 Å². The lowest BCUT2D eigenvalue weighted by molar-refractivity contribution is 0.455. The van der Waals surface area contributed by atoms with Gasteiger partial charge in [-0.3, -0.25) is 4.98 Å². The average molecular weight is 157 g/mol. The molecule has 1 N–H and O–H groups in total. The Morgan fingerprint density at radius 2 is 2.40 bits per heavy atom. The lowest BCUT2D eigenvalue weighted by atomic mass is 9.86. The number of halogens is 1. The molecule has 52 valence electrons. The van der Waals surface area contributed by atoms with E-state index in [1.165, 1.54) is 0 Å². The molecule has 0 aliphatic heterocycles. The molecule has 0 atom stereocenters. The third kappa shape index (κ3) is 1.70. The zero-order chi connectivity index (χ0) is 7.40. The summed E-state index contributed by atoms with van der Waals surface area (Å²) in [4.78, 5) is 3.79. The van der Waals surface area contributed by atoms with E-state index < -0.39 is 7.12 Å². The normalized spacial score (nSPS) is 9.40. The van der Waals surface area contributed by atoms with Gasteiger partial charge in [-0.05, 0) is 12.1 Å². The summed E-state index contributed by atoms with van der Waals surface area (Å²) >= 11 is 4.90. The lowest BCUT2D eigenvalue weighted by Crippen LogP contribution is -2.32. The smallest absolute Gasteiger partial charge is 0.421 e. The molecule has 0 aromatic carbocycles. The fourth-order valence-electron chi connectivity index (χ4n) is 0.568. The summed E-state index contributed by atoms with van der Waals surface area (Å²) in [6.45, 7) is 0. The molecule has 5 heteroatoms. The summed E-state index contributed by atoms with van der Waals surface area (Å²) in [7, 11) is -1.14. The van der Waals surface area contributed by atoms with Gasteiger partial charge in [0.15, 0.2) is 0 Å². The molecule has 3 nitrogen and oxygen atoms in total. The minimum absolute atomic E-state index is 0.400. The van der Waals surface area contributed by atoms with Gasteiger partial charge in [-0.25, -0.2) is 0 Å². The van der Waals surface area contributed by atoms with E-state index in [1.54, 1.807) is 24.4 Å². The Bertz CT molecular complexity index is 196. The molecule has 0 unspecified atom stereocenters. The molecule has 0 radical (unpaired) electrons. The van der Waals surface area contributed by atoms with E-state index in [2.05, 4.69) is 9.19 Å². The molecule has 0 saturated carbocycles. The van der Waals surface area contributed by atoms with Gasteiger partial charge in [-0.1, -0.05) is 6.07 Å². The van der Waals surface area contributed by atoms with E-state index >= 15 is 0 Å². The summed E-state index contributed by atoms with van der Waals surface area (Å²) < 4.78 is 4.10. The van der Waals surface area contributed by atoms with Crippen LogP contribution >= 0.6 is 11.9 Å². The molecule has 0 amide bonds. The maximum atomic E-state index is 8.91. The van der Waals surface area contributed by atoms with Gasteiger partial charge in [-0.15, -0.1) is 0 Å². The predicted molar refractivity (Wildman–Crippen MR) is 38.8 cm³/mol. The van der Waals surface area contributed by atoms with Gasteiger partial charge in [0.2, 0.25) is 0 Å². The van der Waals surface area contributed by atoms with Gasteiger partial charge < -0.3 is 9.23 Å². The molecule has 1 aromatic rings. The van der Waals surface area contributed by atoms with Crippen molar-refractivity contribution in [3.8, 4) is 0 Å². The van der Waals surface area contributed by atoms with Crippen LogP contribution < -0.4 is 5.59 Å². The van der Waals surface area contributed by atoms with Crippen molar-refractivity contribution in [3.63, 3.8) is 0 Å². The molecular formula is C5H5BClNO2. The van der Waals surface area contributed by atoms with Crippen LogP contribution in [0.25, 0.3) is 0 Å². The maximum Gasteiger partial charge on any atom is 0.527 e. The van der Waals surface area contributed by atoms with Crippen molar-refractivity contribution in [3.05, 3.63) is 24.4 Å². The van der Waals surface area contributed by atoms with Crippen molar-refractivity contribution in [1.29, 1.82) is 0 Å². The van der Waals surface area contributed by atoms with Crippen molar-refractivity contribution >= 4 is 24.6 Å². The second-order valence-corrected chi connectivity index (χ2v) is 1.87. The number of hydrogen-bond acceptors (Lipinski definition) is 3. The molecule has 0 bridgehead atoms. The SMILES string of the molecule is OB(OCl)c1ccccn1. The topological polar surface area (TPSA) is 42.4 Å². The van der Waals surface area contributed by atoms with Crippen LogP contribution in [0.3, 0.4) is 0 Å². The number of pyridine rings is 1. The summed E-state index contributed by atoms with van der Waals surface area (Å²) in [6.07, 6.45) is 1.55. The van der Waals surface area contributed by atoms with Crippen LogP contribution in [-0.2, 0) is 4.21 Å². The molecule has 0 fully saturated rings. The van der Waals surface area contributed by atoms with Gasteiger partial charge in [0.05, 0.1) is 5.59 Å². The number of aromatic nitrogens is 1. The van der Waals surface area contributed by atoms with Crippen LogP contribution in [0.5, 0.6) is 0 Å². The Hall–Kier alpha value is -0.575. The standard InChI is InChI=1S/C5H5BClNO2/c7-10-6(9)5-3-1-2-4-8-5/h1-4,9H. The highest BCUT2D eigenvalue weighted by atomic mass is 35.5. The quantitative estimate of drug-likeness (QED) is 0.612. The van der Waals surface area contributed by atoms with E-state index in [0.717, 1.165) is 0 Å². The lowest BCUT2D eigenvalue weighted by Gasteiger charge is -1.97. The van der Waals surface area contributed by atoms with Gasteiger partial charge >= 0.3 is 7.12 Å². The first kappa shape index (κ1) is 7.53. The van der Waals surface area contributed by atoms with Crippen molar-refractivity contribution < 1.29 is 9.23 Å². The summed E-state index contributed by atoms with van der Waals surface area (Å²) in [5.41, 5.74) is 0.400. The molecule has 1 rings (SSSR count). The Kier molecular flexibility index (Phi) is 2.68. The first-order valence-electron chi connectivity index (χ1n) is 2.71. The van der Waals surface area contributed by atoms with E-state index in [0.29, 0.717) is 5.59 Å². The Balaban J connectivity index is 2.75. The summed E-state index contributed by atoms with van der Waals surface area (Å²) in [5.74, 6) is 0. The Morgan fingerprint density at radius 1 is 1.60 bits per heavy atom. The molecule has 0 aliphatic carbocycles. The van der Waals surface area contributed by atoms with Crippen LogP contribution in [0.1, 0.15) is 0 Å². The fraction of sp³-hybridized carbons (Fsp3) is 0. The third-order valence-corrected chi connectivity index (χ3v) is 1.19. The number of nitrogens with zero attached hydrogens (tertiary/aromatic N) is 1. The minimum atomic E-state index is -1.14. The van der Waals surface area contributed by atoms with Crippen LogP contribution in [0.2, 0.25) is 0 Å². The molecule has 0 aliphatic rings. The zero-order valence-electron chi connectivity index (χ0n) is 5.07. The highest BCUT2D eigenvalue weighted by molar-refractivity contribution is 6.62. The Morgan fingerprint density at radius 3 is 2.90 bits per heavy atom. The minimum Gasteiger partial charge on any atom is -0.421 e. The molecular weight excluding hydrogens is 152 g/mol. The number of rotatable bonds is 2. The van der Waals surface area contributed by atoms with E-state index in [1.807, 2.05) is 0 Å². The van der Waals surface area contributed by atoms with Gasteiger partial charge in [0, 0.05) is 18.1 Å². The van der Waals surface area contributed by atoms with Crippen LogP contribution in [0.4, 0.5) is 0 Å². The van der Waals surface area contributed by atoms with Crippen molar-refractivity contribution in [2.24, 2.45) is 0 Å². The van der Waals surface area contributed by atoms with E-state index in [9.17, 15) is 0 Å². The molecule has 10 heavy (non-hydrogen) atoms. The van der Waals surface area contributed by atoms with Crippen LogP contribution in [0, 0.1) is 0 Å². The molecule has 1 aromatic heterocycles. The molecule has 1 heterocycles. The molecule has 0 spiro atoms. The van der Waals surface area contributed by atoms with E-state index in [4.69, 9.17) is 16.9 Å². The fourth-order valence-corrected chi connectivity index (χ4v) is 0.659. The van der Waals surface area contributed by atoms with Crippen molar-refractivity contribution in [2.75, 3.05) is 0 Å². The van der Waals surface area contributed by atoms with Crippen molar-refractivity contribution in [2.45, 2.75) is 0 Å². The second-order valence-electron chi connectivity index (χ2n) is 1.70. The van der Waals surface area contributed by atoms with Crippen LogP contribution in [0.15, 0.2) is 24.4 Å². The van der Waals surface area contributed by atoms with Gasteiger partial charge in [0.1, 0.15) is 0 Å². The summed E-state index contributed by atoms with van der Waals surface area (Å²) in [5, 5.41) is 8.91. The monoisotopic (exact) mass is 157 g/mol. The van der Waals surface area contributed by atoms with Gasteiger partial charge in [-0.2, -0.15) is 0 Å². The zero-order valence-corrected chi connectivity index (χ0v) is 5.82. The first-order valence-corrected chi connectivity index (χ1v) is 3.02. The number of hydrogen-bond donors (Lipinski definition) is 1. The first-order chi connectivity index (χ1) is 4.84. The van der Waals surface area contributed by atoms with Crippen LogP contribution in [-0.4, -0.2) is 17.1 Å². The summed E-state index contributed by atoms with van der Waals surface area (Å²) in [6, 6.07) is 5.10. The Labute approximate surface area is 63.9 Å². The highest BCUT2D eigenvalue weighted by Gasteiger charge is 2.16. The second kappa shape index (κ2) is 3.56.